The first-order valence-electron chi connectivity index (χ1n) is 12.6. The number of hydrogen-bond acceptors (Lipinski definition) is 7. The molecule has 196 valence electrons. The lowest BCUT2D eigenvalue weighted by molar-refractivity contribution is -0.123. The minimum absolute atomic E-state index is 0.176. The topological polar surface area (TPSA) is 94.8 Å². The molecule has 38 heavy (non-hydrogen) atoms. The SMILES string of the molecule is COc1cc(/C=N/NC(=O)C(C)n2cnc3sc4c(c3c2=O)CCC(C)C4)ccc1OCc1ccccc1. The zero-order valence-corrected chi connectivity index (χ0v) is 22.5. The molecule has 0 saturated heterocycles. The fraction of sp³-hybridized carbons (Fsp3) is 0.310. The van der Waals surface area contributed by atoms with E-state index in [1.165, 1.54) is 22.0 Å². The van der Waals surface area contributed by atoms with Gasteiger partial charge in [0.05, 0.1) is 25.0 Å². The van der Waals surface area contributed by atoms with Gasteiger partial charge in [0.2, 0.25) is 0 Å². The first-order valence-corrected chi connectivity index (χ1v) is 13.4. The molecule has 2 atom stereocenters. The predicted molar refractivity (Wildman–Crippen MR) is 149 cm³/mol. The standard InChI is InChI=1S/C29H30N4O4S/c1-18-9-11-22-25(13-18)38-28-26(22)29(35)33(17-30-28)19(2)27(34)32-31-15-21-10-12-23(24(14-21)36-3)37-16-20-7-5-4-6-8-20/h4-8,10,12,14-15,17-19H,9,11,13,16H2,1-3H3,(H,32,34)/b31-15+. The lowest BCUT2D eigenvalue weighted by atomic mass is 9.89. The summed E-state index contributed by atoms with van der Waals surface area (Å²) in [6.07, 6.45) is 5.90. The van der Waals surface area contributed by atoms with E-state index in [4.69, 9.17) is 9.47 Å². The van der Waals surface area contributed by atoms with Crippen molar-refractivity contribution >= 4 is 33.7 Å². The highest BCUT2D eigenvalue weighted by Crippen LogP contribution is 2.35. The number of fused-ring (bicyclic) bond motifs is 3. The summed E-state index contributed by atoms with van der Waals surface area (Å²) in [5.41, 5.74) is 5.24. The molecule has 0 spiro atoms. The average molecular weight is 531 g/mol. The molecule has 8 nitrogen and oxygen atoms in total. The number of thiophene rings is 1. The van der Waals surface area contributed by atoms with Crippen molar-refractivity contribution in [2.75, 3.05) is 7.11 Å². The summed E-state index contributed by atoms with van der Waals surface area (Å²) in [5, 5.41) is 4.75. The number of carbonyl (C=O) groups excluding carboxylic acids is 1. The van der Waals surface area contributed by atoms with E-state index in [2.05, 4.69) is 22.4 Å². The molecule has 2 aromatic heterocycles. The summed E-state index contributed by atoms with van der Waals surface area (Å²) in [5.74, 6) is 1.37. The summed E-state index contributed by atoms with van der Waals surface area (Å²) < 4.78 is 12.7. The highest BCUT2D eigenvalue weighted by atomic mass is 32.1. The first kappa shape index (κ1) is 25.7. The number of hydrazone groups is 1. The van der Waals surface area contributed by atoms with Gasteiger partial charge in [0.1, 0.15) is 17.5 Å². The summed E-state index contributed by atoms with van der Waals surface area (Å²) in [6.45, 7) is 4.32. The van der Waals surface area contributed by atoms with Crippen LogP contribution in [0, 0.1) is 5.92 Å². The highest BCUT2D eigenvalue weighted by molar-refractivity contribution is 7.18. The quantitative estimate of drug-likeness (QED) is 0.259. The maximum absolute atomic E-state index is 13.3. The van der Waals surface area contributed by atoms with E-state index in [0.717, 1.165) is 40.8 Å². The molecule has 9 heteroatoms. The minimum Gasteiger partial charge on any atom is -0.493 e. The van der Waals surface area contributed by atoms with E-state index in [0.29, 0.717) is 29.4 Å². The van der Waals surface area contributed by atoms with Gasteiger partial charge in [-0.15, -0.1) is 11.3 Å². The Balaban J connectivity index is 1.26. The Morgan fingerprint density at radius 2 is 2.08 bits per heavy atom. The van der Waals surface area contributed by atoms with Crippen LogP contribution in [-0.2, 0) is 24.2 Å². The van der Waals surface area contributed by atoms with Gasteiger partial charge in [-0.1, -0.05) is 37.3 Å². The normalized spacial score (nSPS) is 15.8. The van der Waals surface area contributed by atoms with Crippen LogP contribution in [0.15, 0.2) is 64.8 Å². The van der Waals surface area contributed by atoms with Crippen molar-refractivity contribution in [3.8, 4) is 11.5 Å². The highest BCUT2D eigenvalue weighted by Gasteiger charge is 2.25. The Labute approximate surface area is 224 Å². The molecule has 0 bridgehead atoms. The number of nitrogens with zero attached hydrogens (tertiary/aromatic N) is 3. The molecule has 0 fully saturated rings. The monoisotopic (exact) mass is 530 g/mol. The molecule has 0 radical (unpaired) electrons. The van der Waals surface area contributed by atoms with E-state index in [1.807, 2.05) is 36.4 Å². The Morgan fingerprint density at radius 3 is 2.87 bits per heavy atom. The molecule has 2 unspecified atom stereocenters. The number of methoxy groups -OCH3 is 1. The number of amides is 1. The number of carbonyl (C=O) groups is 1. The maximum Gasteiger partial charge on any atom is 0.263 e. The Hall–Kier alpha value is -3.98. The molecule has 5 rings (SSSR count). The zero-order valence-electron chi connectivity index (χ0n) is 21.6. The second-order valence-corrected chi connectivity index (χ2v) is 10.7. The first-order chi connectivity index (χ1) is 18.4. The van der Waals surface area contributed by atoms with E-state index in [9.17, 15) is 9.59 Å². The van der Waals surface area contributed by atoms with Crippen molar-refractivity contribution in [3.63, 3.8) is 0 Å². The minimum atomic E-state index is -0.766. The van der Waals surface area contributed by atoms with Crippen LogP contribution in [0.2, 0.25) is 0 Å². The Kier molecular flexibility index (Phi) is 7.55. The van der Waals surface area contributed by atoms with Crippen molar-refractivity contribution in [3.05, 3.63) is 86.8 Å². The second-order valence-electron chi connectivity index (χ2n) is 9.58. The van der Waals surface area contributed by atoms with Gasteiger partial charge in [-0.2, -0.15) is 5.10 Å². The lowest BCUT2D eigenvalue weighted by Gasteiger charge is -2.18. The molecule has 1 amide bonds. The van der Waals surface area contributed by atoms with Crippen LogP contribution in [0.3, 0.4) is 0 Å². The summed E-state index contributed by atoms with van der Waals surface area (Å²) in [7, 11) is 1.57. The largest absolute Gasteiger partial charge is 0.493 e. The van der Waals surface area contributed by atoms with Gasteiger partial charge in [-0.3, -0.25) is 14.2 Å². The molecular formula is C29H30N4O4S. The van der Waals surface area contributed by atoms with E-state index in [-0.39, 0.29) is 5.56 Å². The molecule has 4 aromatic rings. The summed E-state index contributed by atoms with van der Waals surface area (Å²) in [6, 6.07) is 14.5. The van der Waals surface area contributed by atoms with Crippen LogP contribution >= 0.6 is 11.3 Å². The van der Waals surface area contributed by atoms with Gasteiger partial charge < -0.3 is 9.47 Å². The number of ether oxygens (including phenoxy) is 2. The van der Waals surface area contributed by atoms with E-state index in [1.54, 1.807) is 37.5 Å². The number of nitrogens with one attached hydrogen (secondary N) is 1. The van der Waals surface area contributed by atoms with Crippen LogP contribution in [-0.4, -0.2) is 28.8 Å². The lowest BCUT2D eigenvalue weighted by Crippen LogP contribution is -2.34. The van der Waals surface area contributed by atoms with Crippen LogP contribution in [0.1, 0.15) is 47.9 Å². The van der Waals surface area contributed by atoms with Gasteiger partial charge in [0.15, 0.2) is 11.5 Å². The van der Waals surface area contributed by atoms with Crippen molar-refractivity contribution < 1.29 is 14.3 Å². The Bertz CT molecular complexity index is 1540. The fourth-order valence-electron chi connectivity index (χ4n) is 4.63. The van der Waals surface area contributed by atoms with Crippen molar-refractivity contribution in [1.29, 1.82) is 0 Å². The Morgan fingerprint density at radius 1 is 1.26 bits per heavy atom. The third-order valence-corrected chi connectivity index (χ3v) is 8.01. The summed E-state index contributed by atoms with van der Waals surface area (Å²) in [4.78, 5) is 32.6. The average Bonchev–Trinajstić information content (AvgIpc) is 3.30. The van der Waals surface area contributed by atoms with Gasteiger partial charge in [-0.25, -0.2) is 10.4 Å². The zero-order chi connectivity index (χ0) is 26.6. The smallest absolute Gasteiger partial charge is 0.263 e. The van der Waals surface area contributed by atoms with Gasteiger partial charge in [-0.05, 0) is 67.0 Å². The fourth-order valence-corrected chi connectivity index (χ4v) is 5.97. The van der Waals surface area contributed by atoms with Crippen molar-refractivity contribution in [2.45, 2.75) is 45.8 Å². The maximum atomic E-state index is 13.3. The molecule has 0 saturated carbocycles. The summed E-state index contributed by atoms with van der Waals surface area (Å²) >= 11 is 1.60. The number of rotatable bonds is 8. The van der Waals surface area contributed by atoms with Gasteiger partial charge in [0.25, 0.3) is 11.5 Å². The molecule has 2 heterocycles. The third kappa shape index (κ3) is 5.33. The number of aryl methyl sites for hydroxylation is 1. The molecule has 1 aliphatic carbocycles. The molecule has 1 aliphatic rings. The van der Waals surface area contributed by atoms with E-state index >= 15 is 0 Å². The second kappa shape index (κ2) is 11.2. The van der Waals surface area contributed by atoms with Crippen molar-refractivity contribution in [1.82, 2.24) is 15.0 Å². The molecular weight excluding hydrogens is 500 g/mol. The van der Waals surface area contributed by atoms with Crippen LogP contribution in [0.5, 0.6) is 11.5 Å². The van der Waals surface area contributed by atoms with Crippen molar-refractivity contribution in [2.24, 2.45) is 11.0 Å². The number of benzene rings is 2. The number of hydrogen-bond donors (Lipinski definition) is 1. The van der Waals surface area contributed by atoms with Crippen LogP contribution in [0.4, 0.5) is 0 Å². The van der Waals surface area contributed by atoms with Gasteiger partial charge >= 0.3 is 0 Å². The number of aromatic nitrogens is 2. The third-order valence-electron chi connectivity index (χ3n) is 6.85. The van der Waals surface area contributed by atoms with Crippen LogP contribution in [0.25, 0.3) is 10.2 Å². The molecule has 1 N–H and O–H groups in total. The van der Waals surface area contributed by atoms with Gasteiger partial charge in [0, 0.05) is 4.88 Å². The molecule has 0 aliphatic heterocycles. The van der Waals surface area contributed by atoms with E-state index < -0.39 is 11.9 Å². The van der Waals surface area contributed by atoms with Crippen LogP contribution < -0.4 is 20.5 Å². The predicted octanol–water partition coefficient (Wildman–Crippen LogP) is 4.88. The molecule has 2 aromatic carbocycles.